The molecule has 1 unspecified atom stereocenters. The molecular weight excluding hydrogens is 501 g/mol. The van der Waals surface area contributed by atoms with Crippen LogP contribution in [0.5, 0.6) is 5.75 Å². The van der Waals surface area contributed by atoms with Gasteiger partial charge in [-0.05, 0) is 50.1 Å². The van der Waals surface area contributed by atoms with Gasteiger partial charge in [-0.2, -0.15) is 0 Å². The van der Waals surface area contributed by atoms with Crippen molar-refractivity contribution >= 4 is 47.2 Å². The summed E-state index contributed by atoms with van der Waals surface area (Å²) in [6.07, 6.45) is 2.83. The zero-order valence-corrected chi connectivity index (χ0v) is 20.2. The van der Waals surface area contributed by atoms with Gasteiger partial charge in [0.2, 0.25) is 0 Å². The lowest BCUT2D eigenvalue weighted by Crippen LogP contribution is -2.44. The van der Waals surface area contributed by atoms with Crippen LogP contribution in [0, 0.1) is 6.92 Å². The Hall–Kier alpha value is -1.74. The number of nitrogens with one attached hydrogen (secondary N) is 2. The molecule has 0 bridgehead atoms. The molecule has 0 aliphatic carbocycles. The van der Waals surface area contributed by atoms with Crippen molar-refractivity contribution in [3.8, 4) is 5.75 Å². The number of aromatic nitrogens is 1. The zero-order valence-electron chi connectivity index (χ0n) is 17.1. The van der Waals surface area contributed by atoms with E-state index in [0.717, 1.165) is 54.7 Å². The molecule has 3 rings (SSSR count). The number of aryl methyl sites for hydroxylation is 1. The monoisotopic (exact) mass is 529 g/mol. The maximum Gasteiger partial charge on any atom is 0.191 e. The minimum absolute atomic E-state index is 0. The lowest BCUT2D eigenvalue weighted by Gasteiger charge is -2.22. The van der Waals surface area contributed by atoms with Crippen LogP contribution in [0.2, 0.25) is 5.02 Å². The number of halogens is 2. The van der Waals surface area contributed by atoms with Crippen molar-refractivity contribution in [1.82, 2.24) is 15.6 Å². The van der Waals surface area contributed by atoms with Crippen LogP contribution in [-0.2, 0) is 6.54 Å². The number of nitrogens with zero attached hydrogens (tertiary/aromatic N) is 3. The predicted octanol–water partition coefficient (Wildman–Crippen LogP) is 4.00. The summed E-state index contributed by atoms with van der Waals surface area (Å²) in [5.74, 6) is 1.66. The van der Waals surface area contributed by atoms with Gasteiger partial charge in [-0.3, -0.25) is 4.98 Å². The number of pyridine rings is 1. The number of guanidine groups is 1. The summed E-state index contributed by atoms with van der Waals surface area (Å²) in [4.78, 5) is 11.4. The maximum atomic E-state index is 6.19. The van der Waals surface area contributed by atoms with E-state index in [1.54, 1.807) is 7.11 Å². The van der Waals surface area contributed by atoms with Crippen molar-refractivity contribution in [2.24, 2.45) is 4.99 Å². The molecule has 158 valence electrons. The van der Waals surface area contributed by atoms with Crippen LogP contribution in [0.3, 0.4) is 0 Å². The molecule has 1 saturated heterocycles. The number of ether oxygens (including phenoxy) is 1. The molecule has 0 spiro atoms. The fourth-order valence-electron chi connectivity index (χ4n) is 3.36. The molecule has 0 saturated carbocycles. The lowest BCUT2D eigenvalue weighted by atomic mass is 10.2. The van der Waals surface area contributed by atoms with Gasteiger partial charge in [0.1, 0.15) is 5.75 Å². The van der Waals surface area contributed by atoms with E-state index in [1.807, 2.05) is 30.5 Å². The molecule has 6 nitrogen and oxygen atoms in total. The molecule has 1 fully saturated rings. The second kappa shape index (κ2) is 11.4. The van der Waals surface area contributed by atoms with E-state index in [1.165, 1.54) is 0 Å². The molecule has 8 heteroatoms. The number of hydrogen-bond donors (Lipinski definition) is 2. The third kappa shape index (κ3) is 6.37. The fourth-order valence-corrected chi connectivity index (χ4v) is 3.52. The average Bonchev–Trinajstić information content (AvgIpc) is 3.15. The molecule has 2 N–H and O–H groups in total. The van der Waals surface area contributed by atoms with Crippen LogP contribution in [0.4, 0.5) is 5.69 Å². The van der Waals surface area contributed by atoms with Crippen LogP contribution in [-0.4, -0.2) is 43.7 Å². The number of aliphatic imine (C=N–C) groups is 1. The van der Waals surface area contributed by atoms with E-state index in [0.29, 0.717) is 17.6 Å². The normalized spacial score (nSPS) is 16.3. The highest BCUT2D eigenvalue weighted by Gasteiger charge is 2.25. The molecule has 0 radical (unpaired) electrons. The average molecular weight is 530 g/mol. The van der Waals surface area contributed by atoms with Gasteiger partial charge in [-0.25, -0.2) is 4.99 Å². The van der Waals surface area contributed by atoms with E-state index in [9.17, 15) is 0 Å². The van der Waals surface area contributed by atoms with Crippen LogP contribution in [0.1, 0.15) is 24.6 Å². The Labute approximate surface area is 195 Å². The second-order valence-electron chi connectivity index (χ2n) is 6.85. The summed E-state index contributed by atoms with van der Waals surface area (Å²) < 4.78 is 5.50. The fraction of sp³-hybridized carbons (Fsp3) is 0.429. The van der Waals surface area contributed by atoms with Crippen LogP contribution in [0.25, 0.3) is 0 Å². The smallest absolute Gasteiger partial charge is 0.191 e. The summed E-state index contributed by atoms with van der Waals surface area (Å²) in [6, 6.07) is 10.0. The molecule has 1 aromatic heterocycles. The molecule has 29 heavy (non-hydrogen) atoms. The van der Waals surface area contributed by atoms with E-state index in [2.05, 4.69) is 40.4 Å². The summed E-state index contributed by atoms with van der Waals surface area (Å²) in [7, 11) is 1.69. The molecule has 1 aliphatic rings. The van der Waals surface area contributed by atoms with Gasteiger partial charge in [-0.1, -0.05) is 17.7 Å². The predicted molar refractivity (Wildman–Crippen MR) is 131 cm³/mol. The molecule has 1 aliphatic heterocycles. The number of benzene rings is 1. The van der Waals surface area contributed by atoms with Gasteiger partial charge in [0.05, 0.1) is 25.0 Å². The lowest BCUT2D eigenvalue weighted by molar-refractivity contribution is 0.415. The standard InChI is InChI=1S/C21H28ClN5O.HI/c1-4-23-21(25-13-18-15(2)6-5-10-24-18)26-17-9-11-27(14-17)19-12-16(22)7-8-20(19)28-3;/h5-8,10,12,17H,4,9,11,13-14H2,1-3H3,(H2,23,25,26);1H. The SMILES string of the molecule is CCNC(=NCc1ncccc1C)NC1CCN(c2cc(Cl)ccc2OC)C1.I. The van der Waals surface area contributed by atoms with Crippen LogP contribution >= 0.6 is 35.6 Å². The van der Waals surface area contributed by atoms with Crippen molar-refractivity contribution in [2.75, 3.05) is 31.6 Å². The summed E-state index contributed by atoms with van der Waals surface area (Å²) >= 11 is 6.19. The Morgan fingerprint density at radius 3 is 2.93 bits per heavy atom. The first kappa shape index (κ1) is 23.5. The highest BCUT2D eigenvalue weighted by molar-refractivity contribution is 14.0. The summed E-state index contributed by atoms with van der Waals surface area (Å²) in [6.45, 7) is 7.30. The van der Waals surface area contributed by atoms with Crippen LogP contribution in [0.15, 0.2) is 41.5 Å². The third-order valence-corrected chi connectivity index (χ3v) is 5.09. The van der Waals surface area contributed by atoms with Gasteiger partial charge in [-0.15, -0.1) is 24.0 Å². The van der Waals surface area contributed by atoms with Gasteiger partial charge in [0.25, 0.3) is 0 Å². The Balaban J connectivity index is 0.00000300. The molecule has 2 aromatic rings. The third-order valence-electron chi connectivity index (χ3n) is 4.86. The molecule has 1 atom stereocenters. The van der Waals surface area contributed by atoms with E-state index in [-0.39, 0.29) is 24.0 Å². The quantitative estimate of drug-likeness (QED) is 0.336. The Kier molecular flexibility index (Phi) is 9.29. The molecule has 0 amide bonds. The minimum Gasteiger partial charge on any atom is -0.495 e. The van der Waals surface area contributed by atoms with Crippen molar-refractivity contribution in [3.05, 3.63) is 52.8 Å². The molecular formula is C21H29ClIN5O. The molecule has 2 heterocycles. The molecule has 1 aromatic carbocycles. The van der Waals surface area contributed by atoms with Crippen molar-refractivity contribution in [1.29, 1.82) is 0 Å². The van der Waals surface area contributed by atoms with Gasteiger partial charge < -0.3 is 20.3 Å². The first-order valence-corrected chi connectivity index (χ1v) is 10.0. The van der Waals surface area contributed by atoms with Crippen LogP contribution < -0.4 is 20.3 Å². The van der Waals surface area contributed by atoms with E-state index < -0.39 is 0 Å². The minimum atomic E-state index is 0. The summed E-state index contributed by atoms with van der Waals surface area (Å²) in [5.41, 5.74) is 3.18. The topological polar surface area (TPSA) is 61.8 Å². The first-order valence-electron chi connectivity index (χ1n) is 9.64. The summed E-state index contributed by atoms with van der Waals surface area (Å²) in [5, 5.41) is 7.60. The second-order valence-corrected chi connectivity index (χ2v) is 7.29. The highest BCUT2D eigenvalue weighted by atomic mass is 127. The number of anilines is 1. The first-order chi connectivity index (χ1) is 13.6. The maximum absolute atomic E-state index is 6.19. The van der Waals surface area contributed by atoms with Crippen molar-refractivity contribution in [3.63, 3.8) is 0 Å². The Morgan fingerprint density at radius 2 is 2.21 bits per heavy atom. The number of rotatable bonds is 6. The van der Waals surface area contributed by atoms with Crippen molar-refractivity contribution in [2.45, 2.75) is 32.9 Å². The van der Waals surface area contributed by atoms with E-state index in [4.69, 9.17) is 21.3 Å². The Morgan fingerprint density at radius 1 is 1.38 bits per heavy atom. The highest BCUT2D eigenvalue weighted by Crippen LogP contribution is 2.33. The Bertz CT molecular complexity index is 832. The zero-order chi connectivity index (χ0) is 19.9. The van der Waals surface area contributed by atoms with Gasteiger partial charge in [0, 0.05) is 36.9 Å². The largest absolute Gasteiger partial charge is 0.495 e. The van der Waals surface area contributed by atoms with Gasteiger partial charge >= 0.3 is 0 Å². The number of hydrogen-bond acceptors (Lipinski definition) is 4. The van der Waals surface area contributed by atoms with E-state index >= 15 is 0 Å². The number of methoxy groups -OCH3 is 1. The van der Waals surface area contributed by atoms with Crippen molar-refractivity contribution < 1.29 is 4.74 Å². The van der Waals surface area contributed by atoms with Gasteiger partial charge in [0.15, 0.2) is 5.96 Å².